The summed E-state index contributed by atoms with van der Waals surface area (Å²) in [5.74, 6) is 0.809. The van der Waals surface area contributed by atoms with Crippen molar-refractivity contribution in [3.8, 4) is 5.75 Å². The monoisotopic (exact) mass is 300 g/mol. The minimum Gasteiger partial charge on any atom is -0.492 e. The molecule has 108 valence electrons. The highest BCUT2D eigenvalue weighted by atomic mass is 32.1. The van der Waals surface area contributed by atoms with Gasteiger partial charge in [-0.3, -0.25) is 9.36 Å². The normalized spacial score (nSPS) is 10.9. The van der Waals surface area contributed by atoms with Gasteiger partial charge in [0.1, 0.15) is 17.2 Å². The number of ether oxygens (including phenoxy) is 1. The standard InChI is InChI=1S/C16H16N2O2S/c1-2-13-10-14-15(21-13)17-11-18(16(14)19)8-9-20-12-6-4-3-5-7-12/h3-7,10-11H,2,8-9H2,1H3. The highest BCUT2D eigenvalue weighted by Gasteiger charge is 2.08. The van der Waals surface area contributed by atoms with Gasteiger partial charge in [0, 0.05) is 4.88 Å². The Morgan fingerprint density at radius 2 is 2.10 bits per heavy atom. The summed E-state index contributed by atoms with van der Waals surface area (Å²) in [6.45, 7) is 3.02. The van der Waals surface area contributed by atoms with Crippen LogP contribution in [0.5, 0.6) is 5.75 Å². The van der Waals surface area contributed by atoms with Crippen LogP contribution in [0.25, 0.3) is 10.2 Å². The van der Waals surface area contributed by atoms with Crippen LogP contribution in [0.2, 0.25) is 0 Å². The number of rotatable bonds is 5. The van der Waals surface area contributed by atoms with Gasteiger partial charge < -0.3 is 4.74 Å². The lowest BCUT2D eigenvalue weighted by Gasteiger charge is -2.07. The van der Waals surface area contributed by atoms with Gasteiger partial charge in [0.05, 0.1) is 18.3 Å². The van der Waals surface area contributed by atoms with E-state index in [9.17, 15) is 4.79 Å². The van der Waals surface area contributed by atoms with E-state index in [0.29, 0.717) is 18.5 Å². The highest BCUT2D eigenvalue weighted by molar-refractivity contribution is 7.18. The molecule has 0 spiro atoms. The van der Waals surface area contributed by atoms with Crippen molar-refractivity contribution in [3.05, 3.63) is 58.0 Å². The summed E-state index contributed by atoms with van der Waals surface area (Å²) in [5, 5.41) is 0.707. The van der Waals surface area contributed by atoms with E-state index in [1.54, 1.807) is 22.2 Å². The van der Waals surface area contributed by atoms with Crippen LogP contribution in [0.4, 0.5) is 0 Å². The molecule has 0 aliphatic rings. The van der Waals surface area contributed by atoms with E-state index in [4.69, 9.17) is 4.74 Å². The first-order chi connectivity index (χ1) is 10.3. The second-order valence-corrected chi connectivity index (χ2v) is 5.80. The Balaban J connectivity index is 1.75. The minimum absolute atomic E-state index is 0.00705. The van der Waals surface area contributed by atoms with Gasteiger partial charge in [0.15, 0.2) is 0 Å². The molecule has 1 aromatic carbocycles. The lowest BCUT2D eigenvalue weighted by molar-refractivity contribution is 0.296. The van der Waals surface area contributed by atoms with Gasteiger partial charge in [-0.1, -0.05) is 25.1 Å². The Morgan fingerprint density at radius 1 is 1.29 bits per heavy atom. The van der Waals surface area contributed by atoms with Crippen LogP contribution >= 0.6 is 11.3 Å². The van der Waals surface area contributed by atoms with Gasteiger partial charge in [-0.15, -0.1) is 11.3 Å². The second-order valence-electron chi connectivity index (χ2n) is 4.69. The zero-order valence-corrected chi connectivity index (χ0v) is 12.6. The smallest absolute Gasteiger partial charge is 0.262 e. The summed E-state index contributed by atoms with van der Waals surface area (Å²) in [7, 11) is 0. The summed E-state index contributed by atoms with van der Waals surface area (Å²) < 4.78 is 7.23. The topological polar surface area (TPSA) is 44.1 Å². The van der Waals surface area contributed by atoms with Crippen LogP contribution in [-0.4, -0.2) is 16.2 Å². The summed E-state index contributed by atoms with van der Waals surface area (Å²) in [4.78, 5) is 18.7. The summed E-state index contributed by atoms with van der Waals surface area (Å²) in [5.41, 5.74) is 0.00705. The van der Waals surface area contributed by atoms with Crippen LogP contribution in [0, 0.1) is 0 Å². The van der Waals surface area contributed by atoms with Gasteiger partial charge in [-0.2, -0.15) is 0 Å². The maximum absolute atomic E-state index is 12.4. The molecule has 0 N–H and O–H groups in total. The fraction of sp³-hybridized carbons (Fsp3) is 0.250. The minimum atomic E-state index is 0.00705. The lowest BCUT2D eigenvalue weighted by Crippen LogP contribution is -2.23. The quantitative estimate of drug-likeness (QED) is 0.727. The maximum atomic E-state index is 12.4. The number of aryl methyl sites for hydroxylation is 1. The number of hydrogen-bond acceptors (Lipinski definition) is 4. The zero-order valence-electron chi connectivity index (χ0n) is 11.8. The molecule has 3 rings (SSSR count). The van der Waals surface area contributed by atoms with E-state index in [1.807, 2.05) is 36.4 Å². The molecule has 0 bridgehead atoms. The molecule has 3 aromatic rings. The third-order valence-electron chi connectivity index (χ3n) is 3.26. The van der Waals surface area contributed by atoms with E-state index >= 15 is 0 Å². The molecule has 0 saturated heterocycles. The van der Waals surface area contributed by atoms with Gasteiger partial charge >= 0.3 is 0 Å². The predicted octanol–water partition coefficient (Wildman–Crippen LogP) is 3.10. The summed E-state index contributed by atoms with van der Waals surface area (Å²) >= 11 is 1.59. The molecular formula is C16H16N2O2S. The van der Waals surface area contributed by atoms with Crippen molar-refractivity contribution in [2.75, 3.05) is 6.61 Å². The molecule has 0 fully saturated rings. The third kappa shape index (κ3) is 2.97. The van der Waals surface area contributed by atoms with Crippen molar-refractivity contribution in [1.82, 2.24) is 9.55 Å². The Bertz CT molecular complexity index is 793. The fourth-order valence-corrected chi connectivity index (χ4v) is 3.05. The SMILES string of the molecule is CCc1cc2c(=O)n(CCOc3ccccc3)cnc2s1. The Hall–Kier alpha value is -2.14. The van der Waals surface area contributed by atoms with E-state index in [-0.39, 0.29) is 5.56 Å². The van der Waals surface area contributed by atoms with E-state index in [2.05, 4.69) is 11.9 Å². The Morgan fingerprint density at radius 3 is 2.86 bits per heavy atom. The molecule has 0 unspecified atom stereocenters. The van der Waals surface area contributed by atoms with E-state index in [0.717, 1.165) is 17.0 Å². The molecule has 5 heteroatoms. The number of benzene rings is 1. The van der Waals surface area contributed by atoms with Crippen molar-refractivity contribution in [2.45, 2.75) is 19.9 Å². The Labute approximate surface area is 126 Å². The molecule has 21 heavy (non-hydrogen) atoms. The second kappa shape index (κ2) is 6.10. The molecule has 2 heterocycles. The highest BCUT2D eigenvalue weighted by Crippen LogP contribution is 2.20. The van der Waals surface area contributed by atoms with Crippen molar-refractivity contribution in [3.63, 3.8) is 0 Å². The van der Waals surface area contributed by atoms with Gasteiger partial charge in [-0.25, -0.2) is 4.98 Å². The average Bonchev–Trinajstić information content (AvgIpc) is 2.95. The van der Waals surface area contributed by atoms with Gasteiger partial charge in [0.25, 0.3) is 5.56 Å². The number of hydrogen-bond donors (Lipinski definition) is 0. The van der Waals surface area contributed by atoms with E-state index in [1.165, 1.54) is 4.88 Å². The number of para-hydroxylation sites is 1. The van der Waals surface area contributed by atoms with Crippen molar-refractivity contribution >= 4 is 21.6 Å². The first kappa shape index (κ1) is 13.8. The van der Waals surface area contributed by atoms with Crippen molar-refractivity contribution in [1.29, 1.82) is 0 Å². The van der Waals surface area contributed by atoms with Crippen LogP contribution in [-0.2, 0) is 13.0 Å². The van der Waals surface area contributed by atoms with E-state index < -0.39 is 0 Å². The van der Waals surface area contributed by atoms with Crippen LogP contribution in [0.15, 0.2) is 47.5 Å². The lowest BCUT2D eigenvalue weighted by atomic mass is 10.3. The largest absolute Gasteiger partial charge is 0.492 e. The molecule has 0 aliphatic heterocycles. The molecule has 0 aliphatic carbocycles. The molecule has 0 atom stereocenters. The molecular weight excluding hydrogens is 284 g/mol. The maximum Gasteiger partial charge on any atom is 0.262 e. The van der Waals surface area contributed by atoms with Crippen molar-refractivity contribution in [2.24, 2.45) is 0 Å². The number of nitrogens with zero attached hydrogens (tertiary/aromatic N) is 2. The molecule has 2 aromatic heterocycles. The first-order valence-corrected chi connectivity index (χ1v) is 7.75. The van der Waals surface area contributed by atoms with Crippen LogP contribution in [0.3, 0.4) is 0 Å². The molecule has 0 radical (unpaired) electrons. The predicted molar refractivity (Wildman–Crippen MR) is 85.2 cm³/mol. The number of thiophene rings is 1. The summed E-state index contributed by atoms with van der Waals surface area (Å²) in [6, 6.07) is 11.5. The fourth-order valence-electron chi connectivity index (χ4n) is 2.12. The van der Waals surface area contributed by atoms with Crippen molar-refractivity contribution < 1.29 is 4.74 Å². The van der Waals surface area contributed by atoms with Crippen LogP contribution < -0.4 is 10.3 Å². The average molecular weight is 300 g/mol. The number of fused-ring (bicyclic) bond motifs is 1. The number of aromatic nitrogens is 2. The van der Waals surface area contributed by atoms with Gasteiger partial charge in [-0.05, 0) is 24.6 Å². The zero-order chi connectivity index (χ0) is 14.7. The molecule has 0 saturated carbocycles. The third-order valence-corrected chi connectivity index (χ3v) is 4.45. The molecule has 4 nitrogen and oxygen atoms in total. The first-order valence-electron chi connectivity index (χ1n) is 6.93. The molecule has 0 amide bonds. The summed E-state index contributed by atoms with van der Waals surface area (Å²) in [6.07, 6.45) is 2.53. The van der Waals surface area contributed by atoms with Gasteiger partial charge in [0.2, 0.25) is 0 Å². The van der Waals surface area contributed by atoms with Crippen LogP contribution in [0.1, 0.15) is 11.8 Å². The Kier molecular flexibility index (Phi) is 4.01.